The van der Waals surface area contributed by atoms with Crippen LogP contribution in [0.5, 0.6) is 0 Å². The van der Waals surface area contributed by atoms with Crippen LogP contribution in [0, 0.1) is 13.8 Å². The van der Waals surface area contributed by atoms with Crippen molar-refractivity contribution in [3.05, 3.63) is 99.6 Å². The molecular formula is C26H21NO5. The summed E-state index contributed by atoms with van der Waals surface area (Å²) in [6.07, 6.45) is -1.06. The Morgan fingerprint density at radius 1 is 0.781 bits per heavy atom. The second-order valence-electron chi connectivity index (χ2n) is 7.80. The lowest BCUT2D eigenvalue weighted by Gasteiger charge is -2.19. The normalized spacial score (nSPS) is 13.1. The molecule has 6 nitrogen and oxygen atoms in total. The summed E-state index contributed by atoms with van der Waals surface area (Å²) in [4.78, 5) is 50.5. The van der Waals surface area contributed by atoms with Crippen molar-refractivity contribution < 1.29 is 23.9 Å². The number of benzene rings is 3. The van der Waals surface area contributed by atoms with E-state index in [9.17, 15) is 19.2 Å². The van der Waals surface area contributed by atoms with E-state index in [-0.39, 0.29) is 17.1 Å². The molecule has 0 aliphatic heterocycles. The van der Waals surface area contributed by atoms with E-state index in [1.807, 2.05) is 19.9 Å². The van der Waals surface area contributed by atoms with Gasteiger partial charge in [0.05, 0.1) is 5.56 Å². The molecule has 0 heterocycles. The molecule has 32 heavy (non-hydrogen) atoms. The molecule has 160 valence electrons. The van der Waals surface area contributed by atoms with Gasteiger partial charge in [-0.25, -0.2) is 4.79 Å². The summed E-state index contributed by atoms with van der Waals surface area (Å²) in [5, 5.41) is 2.65. The van der Waals surface area contributed by atoms with Crippen LogP contribution in [0.3, 0.4) is 0 Å². The lowest BCUT2D eigenvalue weighted by molar-refractivity contribution is -0.123. The van der Waals surface area contributed by atoms with Crippen molar-refractivity contribution in [2.75, 3.05) is 5.32 Å². The Bertz CT molecular complexity index is 1290. The third-order valence-electron chi connectivity index (χ3n) is 5.59. The fraction of sp³-hybridized carbons (Fsp3) is 0.154. The van der Waals surface area contributed by atoms with Crippen molar-refractivity contribution in [1.29, 1.82) is 0 Å². The van der Waals surface area contributed by atoms with Gasteiger partial charge in [-0.3, -0.25) is 14.4 Å². The van der Waals surface area contributed by atoms with Crippen LogP contribution in [0.2, 0.25) is 0 Å². The molecule has 1 aliphatic rings. The molecule has 0 saturated heterocycles. The highest BCUT2D eigenvalue weighted by Crippen LogP contribution is 2.29. The van der Waals surface area contributed by atoms with Crippen LogP contribution < -0.4 is 5.32 Å². The molecule has 4 rings (SSSR count). The first-order valence-corrected chi connectivity index (χ1v) is 10.2. The van der Waals surface area contributed by atoms with Crippen molar-refractivity contribution in [3.63, 3.8) is 0 Å². The van der Waals surface area contributed by atoms with Crippen molar-refractivity contribution in [3.8, 4) is 0 Å². The van der Waals surface area contributed by atoms with E-state index in [0.29, 0.717) is 27.9 Å². The molecule has 0 spiro atoms. The molecule has 0 bridgehead atoms. The van der Waals surface area contributed by atoms with Gasteiger partial charge >= 0.3 is 5.97 Å². The average Bonchev–Trinajstić information content (AvgIpc) is 2.79. The largest absolute Gasteiger partial charge is 0.449 e. The molecule has 3 aromatic rings. The van der Waals surface area contributed by atoms with Gasteiger partial charge < -0.3 is 10.1 Å². The zero-order valence-electron chi connectivity index (χ0n) is 17.9. The molecule has 1 N–H and O–H groups in total. The number of nitrogens with one attached hydrogen (secondary N) is 1. The Balaban J connectivity index is 1.49. The number of carbonyl (C=O) groups is 4. The molecule has 0 aromatic heterocycles. The minimum atomic E-state index is -1.06. The van der Waals surface area contributed by atoms with Gasteiger partial charge in [-0.15, -0.1) is 0 Å². The van der Waals surface area contributed by atoms with E-state index in [4.69, 9.17) is 4.74 Å². The fourth-order valence-electron chi connectivity index (χ4n) is 3.57. The monoisotopic (exact) mass is 427 g/mol. The maximum absolute atomic E-state index is 12.8. The van der Waals surface area contributed by atoms with E-state index >= 15 is 0 Å². The van der Waals surface area contributed by atoms with E-state index < -0.39 is 18.0 Å². The summed E-state index contributed by atoms with van der Waals surface area (Å²) < 4.78 is 5.29. The van der Waals surface area contributed by atoms with Crippen LogP contribution in [0.4, 0.5) is 5.69 Å². The highest BCUT2D eigenvalue weighted by atomic mass is 16.5. The minimum absolute atomic E-state index is 0.228. The topological polar surface area (TPSA) is 89.5 Å². The van der Waals surface area contributed by atoms with Gasteiger partial charge in [0.25, 0.3) is 5.91 Å². The number of esters is 1. The highest BCUT2D eigenvalue weighted by Gasteiger charge is 2.29. The number of ether oxygens (including phenoxy) is 1. The number of rotatable bonds is 4. The Kier molecular flexibility index (Phi) is 5.45. The molecule has 0 radical (unpaired) electrons. The highest BCUT2D eigenvalue weighted by molar-refractivity contribution is 6.28. The quantitative estimate of drug-likeness (QED) is 0.492. The lowest BCUT2D eigenvalue weighted by atomic mass is 9.84. The zero-order valence-corrected chi connectivity index (χ0v) is 17.9. The molecule has 0 fully saturated rings. The van der Waals surface area contributed by atoms with E-state index in [1.54, 1.807) is 42.5 Å². The zero-order chi connectivity index (χ0) is 23.0. The molecule has 6 heteroatoms. The summed E-state index contributed by atoms with van der Waals surface area (Å²) in [6.45, 7) is 5.30. The fourth-order valence-corrected chi connectivity index (χ4v) is 3.57. The van der Waals surface area contributed by atoms with Crippen LogP contribution in [-0.4, -0.2) is 29.5 Å². The molecule has 1 aliphatic carbocycles. The first-order chi connectivity index (χ1) is 15.3. The van der Waals surface area contributed by atoms with E-state index in [1.165, 1.54) is 19.1 Å². The number of hydrogen-bond donors (Lipinski definition) is 1. The number of anilines is 1. The average molecular weight is 427 g/mol. The third kappa shape index (κ3) is 3.83. The maximum Gasteiger partial charge on any atom is 0.338 e. The summed E-state index contributed by atoms with van der Waals surface area (Å²) in [5.74, 6) is -1.65. The summed E-state index contributed by atoms with van der Waals surface area (Å²) in [6, 6.07) is 16.4. The van der Waals surface area contributed by atoms with Gasteiger partial charge in [-0.2, -0.15) is 0 Å². The standard InChI is InChI=1S/C26H21NO5/c1-14-8-9-17(12-15(14)2)26(31)32-16(3)25(30)27-18-10-11-21-22(13-18)24(29)20-7-5-4-6-19(20)23(21)28/h4-13,16H,1-3H3,(H,27,30). The minimum Gasteiger partial charge on any atom is -0.449 e. The second kappa shape index (κ2) is 8.23. The van der Waals surface area contributed by atoms with Crippen LogP contribution in [-0.2, 0) is 9.53 Å². The smallest absolute Gasteiger partial charge is 0.338 e. The van der Waals surface area contributed by atoms with Gasteiger partial charge in [-0.1, -0.05) is 30.3 Å². The summed E-state index contributed by atoms with van der Waals surface area (Å²) in [5.41, 5.74) is 3.93. The van der Waals surface area contributed by atoms with E-state index in [2.05, 4.69) is 5.32 Å². The first kappa shape index (κ1) is 21.2. The van der Waals surface area contributed by atoms with Crippen molar-refractivity contribution in [2.24, 2.45) is 0 Å². The van der Waals surface area contributed by atoms with Crippen molar-refractivity contribution in [1.82, 2.24) is 0 Å². The molecule has 1 unspecified atom stereocenters. The number of hydrogen-bond acceptors (Lipinski definition) is 5. The Morgan fingerprint density at radius 2 is 1.41 bits per heavy atom. The number of amides is 1. The van der Waals surface area contributed by atoms with Crippen LogP contribution in [0.1, 0.15) is 60.3 Å². The van der Waals surface area contributed by atoms with Gasteiger partial charge in [0.1, 0.15) is 0 Å². The third-order valence-corrected chi connectivity index (χ3v) is 5.59. The van der Waals surface area contributed by atoms with Crippen LogP contribution >= 0.6 is 0 Å². The molecule has 1 atom stereocenters. The van der Waals surface area contributed by atoms with Crippen LogP contribution in [0.15, 0.2) is 60.7 Å². The lowest BCUT2D eigenvalue weighted by Crippen LogP contribution is -2.30. The van der Waals surface area contributed by atoms with Gasteiger partial charge in [0, 0.05) is 27.9 Å². The molecule has 1 amide bonds. The SMILES string of the molecule is Cc1ccc(C(=O)OC(C)C(=O)Nc2ccc3c(c2)C(=O)c2ccccc2C3=O)cc1C. The number of carbonyl (C=O) groups excluding carboxylic acids is 4. The summed E-state index contributed by atoms with van der Waals surface area (Å²) in [7, 11) is 0. The van der Waals surface area contributed by atoms with E-state index in [0.717, 1.165) is 11.1 Å². The Morgan fingerprint density at radius 3 is 2.06 bits per heavy atom. The molecule has 3 aromatic carbocycles. The number of ketones is 2. The second-order valence-corrected chi connectivity index (χ2v) is 7.80. The number of fused-ring (bicyclic) bond motifs is 2. The van der Waals surface area contributed by atoms with Crippen molar-refractivity contribution >= 4 is 29.1 Å². The van der Waals surface area contributed by atoms with Gasteiger partial charge in [0.15, 0.2) is 17.7 Å². The van der Waals surface area contributed by atoms with Gasteiger partial charge in [0.2, 0.25) is 0 Å². The van der Waals surface area contributed by atoms with Crippen molar-refractivity contribution in [2.45, 2.75) is 26.9 Å². The summed E-state index contributed by atoms with van der Waals surface area (Å²) >= 11 is 0. The predicted octanol–water partition coefficient (Wildman–Crippen LogP) is 4.26. The first-order valence-electron chi connectivity index (χ1n) is 10.2. The molecular weight excluding hydrogens is 406 g/mol. The predicted molar refractivity (Wildman–Crippen MR) is 119 cm³/mol. The van der Waals surface area contributed by atoms with Crippen LogP contribution in [0.25, 0.3) is 0 Å². The number of aryl methyl sites for hydroxylation is 2. The van der Waals surface area contributed by atoms with Gasteiger partial charge in [-0.05, 0) is 62.2 Å². The Labute approximate surface area is 185 Å². The maximum atomic E-state index is 12.8. The molecule has 0 saturated carbocycles. The Hall–Kier alpha value is -4.06.